The van der Waals surface area contributed by atoms with Gasteiger partial charge in [-0.3, -0.25) is 4.90 Å². The molecular formula is C14H24N2O. The third-order valence-corrected chi connectivity index (χ3v) is 3.25. The first-order valence-electron chi connectivity index (χ1n) is 6.18. The number of likely N-dealkylation sites (N-methyl/N-ethyl adjacent to an activating group) is 1. The highest BCUT2D eigenvalue weighted by Crippen LogP contribution is 2.21. The second-order valence-corrected chi connectivity index (χ2v) is 4.50. The Bertz CT molecular complexity index is 352. The van der Waals surface area contributed by atoms with Gasteiger partial charge in [-0.2, -0.15) is 0 Å². The van der Waals surface area contributed by atoms with E-state index < -0.39 is 0 Å². The summed E-state index contributed by atoms with van der Waals surface area (Å²) >= 11 is 0. The summed E-state index contributed by atoms with van der Waals surface area (Å²) in [5.41, 5.74) is 8.24. The van der Waals surface area contributed by atoms with Crippen molar-refractivity contribution in [1.29, 1.82) is 0 Å². The van der Waals surface area contributed by atoms with Crippen LogP contribution < -0.4 is 10.5 Å². The molecule has 0 aromatic heterocycles. The second-order valence-electron chi connectivity index (χ2n) is 4.50. The maximum Gasteiger partial charge on any atom is 0.122 e. The van der Waals surface area contributed by atoms with Gasteiger partial charge in [0.2, 0.25) is 0 Å². The molecule has 3 heteroatoms. The number of methoxy groups -OCH3 is 1. The van der Waals surface area contributed by atoms with Gasteiger partial charge < -0.3 is 10.5 Å². The van der Waals surface area contributed by atoms with Crippen molar-refractivity contribution in [2.24, 2.45) is 5.73 Å². The molecule has 0 aliphatic carbocycles. The molecule has 0 amide bonds. The average molecular weight is 236 g/mol. The number of benzene rings is 1. The van der Waals surface area contributed by atoms with Crippen molar-refractivity contribution in [2.45, 2.75) is 32.9 Å². The molecule has 1 rings (SSSR count). The van der Waals surface area contributed by atoms with Crippen molar-refractivity contribution >= 4 is 0 Å². The van der Waals surface area contributed by atoms with E-state index in [1.54, 1.807) is 7.11 Å². The minimum Gasteiger partial charge on any atom is -0.496 e. The van der Waals surface area contributed by atoms with Gasteiger partial charge >= 0.3 is 0 Å². The number of rotatable bonds is 6. The SMILES string of the molecule is CCc1cc(CN(C)C(C)CN)ccc1OC. The van der Waals surface area contributed by atoms with Crippen LogP contribution in [0.3, 0.4) is 0 Å². The predicted octanol–water partition coefficient (Wildman–Crippen LogP) is 2.04. The van der Waals surface area contributed by atoms with Crippen molar-refractivity contribution in [3.05, 3.63) is 29.3 Å². The maximum absolute atomic E-state index is 5.67. The van der Waals surface area contributed by atoms with Gasteiger partial charge in [-0.1, -0.05) is 19.1 Å². The second kappa shape index (κ2) is 6.62. The van der Waals surface area contributed by atoms with E-state index in [0.29, 0.717) is 12.6 Å². The summed E-state index contributed by atoms with van der Waals surface area (Å²) in [7, 11) is 3.82. The van der Waals surface area contributed by atoms with E-state index in [0.717, 1.165) is 18.7 Å². The Morgan fingerprint density at radius 3 is 2.65 bits per heavy atom. The minimum absolute atomic E-state index is 0.405. The Kier molecular flexibility index (Phi) is 5.45. The number of hydrogen-bond donors (Lipinski definition) is 1. The monoisotopic (exact) mass is 236 g/mol. The van der Waals surface area contributed by atoms with Crippen molar-refractivity contribution in [3.8, 4) is 5.75 Å². The first kappa shape index (κ1) is 14.0. The Morgan fingerprint density at radius 1 is 1.41 bits per heavy atom. The molecule has 1 aromatic carbocycles. The van der Waals surface area contributed by atoms with E-state index in [1.807, 2.05) is 0 Å². The Morgan fingerprint density at radius 2 is 2.12 bits per heavy atom. The van der Waals surface area contributed by atoms with Gasteiger partial charge in [0.05, 0.1) is 7.11 Å². The lowest BCUT2D eigenvalue weighted by atomic mass is 10.1. The standard InChI is InChI=1S/C14H24N2O/c1-5-13-8-12(6-7-14(13)17-4)10-16(3)11(2)9-15/h6-8,11H,5,9-10,15H2,1-4H3. The summed E-state index contributed by atoms with van der Waals surface area (Å²) in [6, 6.07) is 6.80. The molecule has 1 aromatic rings. The fraction of sp³-hybridized carbons (Fsp3) is 0.571. The molecule has 0 saturated carbocycles. The highest BCUT2D eigenvalue weighted by Gasteiger charge is 2.09. The molecule has 0 aliphatic rings. The van der Waals surface area contributed by atoms with Crippen LogP contribution in [0.1, 0.15) is 25.0 Å². The van der Waals surface area contributed by atoms with Gasteiger partial charge in [-0.05, 0) is 37.6 Å². The summed E-state index contributed by atoms with van der Waals surface area (Å²) < 4.78 is 5.33. The third kappa shape index (κ3) is 3.72. The predicted molar refractivity (Wildman–Crippen MR) is 72.4 cm³/mol. The molecule has 0 radical (unpaired) electrons. The van der Waals surface area contributed by atoms with Gasteiger partial charge in [0.15, 0.2) is 0 Å². The Labute approximate surface area is 105 Å². The third-order valence-electron chi connectivity index (χ3n) is 3.25. The average Bonchev–Trinajstić information content (AvgIpc) is 2.37. The molecule has 0 saturated heterocycles. The van der Waals surface area contributed by atoms with Crippen LogP contribution in [-0.4, -0.2) is 31.6 Å². The number of nitrogens with two attached hydrogens (primary N) is 1. The number of aryl methyl sites for hydroxylation is 1. The van der Waals surface area contributed by atoms with Crippen LogP contribution in [0.25, 0.3) is 0 Å². The molecular weight excluding hydrogens is 212 g/mol. The van der Waals surface area contributed by atoms with Gasteiger partial charge in [0, 0.05) is 19.1 Å². The summed E-state index contributed by atoms with van der Waals surface area (Å²) in [6.07, 6.45) is 0.993. The summed E-state index contributed by atoms with van der Waals surface area (Å²) in [5.74, 6) is 0.978. The summed E-state index contributed by atoms with van der Waals surface area (Å²) in [6.45, 7) is 5.90. The molecule has 3 nitrogen and oxygen atoms in total. The molecule has 96 valence electrons. The largest absolute Gasteiger partial charge is 0.496 e. The maximum atomic E-state index is 5.67. The molecule has 0 bridgehead atoms. The van der Waals surface area contributed by atoms with E-state index in [9.17, 15) is 0 Å². The van der Waals surface area contributed by atoms with E-state index in [4.69, 9.17) is 10.5 Å². The Balaban J connectivity index is 2.78. The molecule has 2 N–H and O–H groups in total. The topological polar surface area (TPSA) is 38.5 Å². The Hall–Kier alpha value is -1.06. The lowest BCUT2D eigenvalue weighted by Crippen LogP contribution is -2.34. The zero-order valence-electron chi connectivity index (χ0n) is 11.4. The zero-order valence-corrected chi connectivity index (χ0v) is 11.4. The summed E-state index contributed by atoms with van der Waals surface area (Å²) in [5, 5.41) is 0. The van der Waals surface area contributed by atoms with Gasteiger partial charge in [-0.25, -0.2) is 0 Å². The zero-order chi connectivity index (χ0) is 12.8. The van der Waals surface area contributed by atoms with Crippen LogP contribution in [0.15, 0.2) is 18.2 Å². The fourth-order valence-corrected chi connectivity index (χ4v) is 1.83. The van der Waals surface area contributed by atoms with Crippen LogP contribution in [0.4, 0.5) is 0 Å². The molecule has 1 atom stereocenters. The lowest BCUT2D eigenvalue weighted by Gasteiger charge is -2.23. The van der Waals surface area contributed by atoms with Crippen LogP contribution in [0.2, 0.25) is 0 Å². The van der Waals surface area contributed by atoms with Crippen LogP contribution >= 0.6 is 0 Å². The number of ether oxygens (including phenoxy) is 1. The van der Waals surface area contributed by atoms with Gasteiger partial charge in [-0.15, -0.1) is 0 Å². The van der Waals surface area contributed by atoms with E-state index in [2.05, 4.69) is 44.0 Å². The van der Waals surface area contributed by atoms with Crippen LogP contribution in [0, 0.1) is 0 Å². The fourth-order valence-electron chi connectivity index (χ4n) is 1.83. The van der Waals surface area contributed by atoms with Crippen LogP contribution in [-0.2, 0) is 13.0 Å². The molecule has 1 unspecified atom stereocenters. The van der Waals surface area contributed by atoms with E-state index >= 15 is 0 Å². The smallest absolute Gasteiger partial charge is 0.122 e. The lowest BCUT2D eigenvalue weighted by molar-refractivity contribution is 0.254. The van der Waals surface area contributed by atoms with Gasteiger partial charge in [0.1, 0.15) is 5.75 Å². The molecule has 0 spiro atoms. The van der Waals surface area contributed by atoms with Crippen molar-refractivity contribution < 1.29 is 4.74 Å². The van der Waals surface area contributed by atoms with Crippen molar-refractivity contribution in [3.63, 3.8) is 0 Å². The van der Waals surface area contributed by atoms with Crippen molar-refractivity contribution in [2.75, 3.05) is 20.7 Å². The number of nitrogens with zero attached hydrogens (tertiary/aromatic N) is 1. The number of hydrogen-bond acceptors (Lipinski definition) is 3. The van der Waals surface area contributed by atoms with Crippen LogP contribution in [0.5, 0.6) is 5.75 Å². The quantitative estimate of drug-likeness (QED) is 0.821. The minimum atomic E-state index is 0.405. The first-order chi connectivity index (χ1) is 8.12. The molecule has 17 heavy (non-hydrogen) atoms. The molecule has 0 fully saturated rings. The molecule has 0 heterocycles. The van der Waals surface area contributed by atoms with Crippen molar-refractivity contribution in [1.82, 2.24) is 4.90 Å². The van der Waals surface area contributed by atoms with Gasteiger partial charge in [0.25, 0.3) is 0 Å². The molecule has 0 aliphatic heterocycles. The highest BCUT2D eigenvalue weighted by molar-refractivity contribution is 5.37. The summed E-state index contributed by atoms with van der Waals surface area (Å²) in [4.78, 5) is 2.27. The van der Waals surface area contributed by atoms with E-state index in [1.165, 1.54) is 11.1 Å². The van der Waals surface area contributed by atoms with E-state index in [-0.39, 0.29) is 0 Å². The highest BCUT2D eigenvalue weighted by atomic mass is 16.5. The normalized spacial score (nSPS) is 12.8. The first-order valence-corrected chi connectivity index (χ1v) is 6.18.